The first-order chi connectivity index (χ1) is 12.3. The van der Waals surface area contributed by atoms with Gasteiger partial charge in [0.25, 0.3) is 5.91 Å². The SMILES string of the molecule is Cc1ccc(NC(=O)COC(=O)CCC(=O)c2ccc(Cl)cc2)cc1C. The Morgan fingerprint density at radius 3 is 2.31 bits per heavy atom. The predicted molar refractivity (Wildman–Crippen MR) is 101 cm³/mol. The lowest BCUT2D eigenvalue weighted by Gasteiger charge is -2.08. The number of carbonyl (C=O) groups is 3. The molecule has 0 aliphatic heterocycles. The maximum absolute atomic E-state index is 12.0. The molecule has 1 N–H and O–H groups in total. The van der Waals surface area contributed by atoms with Gasteiger partial charge in [-0.25, -0.2) is 0 Å². The molecule has 2 aromatic rings. The standard InChI is InChI=1S/C20H20ClNO4/c1-13-3-8-17(11-14(13)2)22-19(24)12-26-20(25)10-9-18(23)15-4-6-16(21)7-5-15/h3-8,11H,9-10,12H2,1-2H3,(H,22,24). The van der Waals surface area contributed by atoms with Crippen molar-refractivity contribution in [1.29, 1.82) is 0 Å². The third-order valence-corrected chi connectivity index (χ3v) is 4.13. The zero-order valence-corrected chi connectivity index (χ0v) is 15.4. The van der Waals surface area contributed by atoms with Crippen molar-refractivity contribution in [2.24, 2.45) is 0 Å². The molecule has 0 radical (unpaired) electrons. The number of rotatable bonds is 7. The van der Waals surface area contributed by atoms with Crippen molar-refractivity contribution in [2.45, 2.75) is 26.7 Å². The Labute approximate surface area is 157 Å². The number of anilines is 1. The maximum Gasteiger partial charge on any atom is 0.306 e. The van der Waals surface area contributed by atoms with Gasteiger partial charge in [0.1, 0.15) is 0 Å². The molecule has 0 heterocycles. The molecule has 5 nitrogen and oxygen atoms in total. The van der Waals surface area contributed by atoms with E-state index >= 15 is 0 Å². The van der Waals surface area contributed by atoms with Crippen LogP contribution in [0.25, 0.3) is 0 Å². The summed E-state index contributed by atoms with van der Waals surface area (Å²) in [6.07, 6.45) is -0.0718. The summed E-state index contributed by atoms with van der Waals surface area (Å²) in [6, 6.07) is 12.0. The summed E-state index contributed by atoms with van der Waals surface area (Å²) < 4.78 is 4.91. The van der Waals surface area contributed by atoms with Crippen LogP contribution in [0.1, 0.15) is 34.3 Å². The molecule has 0 aliphatic rings. The largest absolute Gasteiger partial charge is 0.456 e. The number of ketones is 1. The molecule has 2 rings (SSSR count). The Morgan fingerprint density at radius 2 is 1.65 bits per heavy atom. The summed E-state index contributed by atoms with van der Waals surface area (Å²) in [5.74, 6) is -1.20. The number of amides is 1. The molecule has 1 amide bonds. The van der Waals surface area contributed by atoms with Crippen molar-refractivity contribution in [2.75, 3.05) is 11.9 Å². The molecule has 136 valence electrons. The molecule has 0 bridgehead atoms. The highest BCUT2D eigenvalue weighted by atomic mass is 35.5. The number of benzene rings is 2. The highest BCUT2D eigenvalue weighted by Crippen LogP contribution is 2.14. The predicted octanol–water partition coefficient (Wildman–Crippen LogP) is 4.10. The van der Waals surface area contributed by atoms with E-state index in [1.54, 1.807) is 30.3 Å². The summed E-state index contributed by atoms with van der Waals surface area (Å²) >= 11 is 5.77. The third kappa shape index (κ3) is 6.01. The van der Waals surface area contributed by atoms with Gasteiger partial charge in [0.15, 0.2) is 12.4 Å². The number of aryl methyl sites for hydroxylation is 2. The lowest BCUT2D eigenvalue weighted by Crippen LogP contribution is -2.21. The van der Waals surface area contributed by atoms with E-state index in [4.69, 9.17) is 16.3 Å². The molecule has 0 saturated heterocycles. The van der Waals surface area contributed by atoms with Crippen LogP contribution >= 0.6 is 11.6 Å². The summed E-state index contributed by atoms with van der Waals surface area (Å²) in [6.45, 7) is 3.54. The van der Waals surface area contributed by atoms with Crippen molar-refractivity contribution < 1.29 is 19.1 Å². The molecular formula is C20H20ClNO4. The van der Waals surface area contributed by atoms with E-state index in [9.17, 15) is 14.4 Å². The van der Waals surface area contributed by atoms with Gasteiger partial charge in [-0.2, -0.15) is 0 Å². The minimum Gasteiger partial charge on any atom is -0.456 e. The van der Waals surface area contributed by atoms with Gasteiger partial charge >= 0.3 is 5.97 Å². The first-order valence-corrected chi connectivity index (χ1v) is 8.54. The summed E-state index contributed by atoms with van der Waals surface area (Å²) in [5, 5.41) is 3.20. The highest BCUT2D eigenvalue weighted by molar-refractivity contribution is 6.30. The summed E-state index contributed by atoms with van der Waals surface area (Å²) in [5.41, 5.74) is 3.31. The van der Waals surface area contributed by atoms with E-state index in [0.29, 0.717) is 16.3 Å². The first-order valence-electron chi connectivity index (χ1n) is 8.16. The number of carbonyl (C=O) groups excluding carboxylic acids is 3. The number of hydrogen-bond donors (Lipinski definition) is 1. The first kappa shape index (κ1) is 19.7. The fourth-order valence-corrected chi connectivity index (χ4v) is 2.36. The van der Waals surface area contributed by atoms with Crippen LogP contribution < -0.4 is 5.32 Å². The van der Waals surface area contributed by atoms with Gasteiger partial charge in [0, 0.05) is 22.7 Å². The molecule has 0 unspecified atom stereocenters. The molecule has 0 aliphatic carbocycles. The van der Waals surface area contributed by atoms with E-state index < -0.39 is 11.9 Å². The minimum absolute atomic E-state index is 0.0131. The second kappa shape index (κ2) is 9.15. The Morgan fingerprint density at radius 1 is 0.962 bits per heavy atom. The Kier molecular flexibility index (Phi) is 6.92. The van der Waals surface area contributed by atoms with E-state index in [2.05, 4.69) is 5.32 Å². The van der Waals surface area contributed by atoms with Crippen molar-refractivity contribution >= 4 is 34.9 Å². The maximum atomic E-state index is 12.0. The van der Waals surface area contributed by atoms with E-state index in [1.165, 1.54) is 0 Å². The quantitative estimate of drug-likeness (QED) is 0.585. The Hall–Kier alpha value is -2.66. The normalized spacial score (nSPS) is 10.3. The summed E-state index contributed by atoms with van der Waals surface area (Å²) in [7, 11) is 0. The summed E-state index contributed by atoms with van der Waals surface area (Å²) in [4.78, 5) is 35.5. The van der Waals surface area contributed by atoms with Crippen molar-refractivity contribution in [3.05, 3.63) is 64.2 Å². The van der Waals surface area contributed by atoms with Crippen molar-refractivity contribution in [3.8, 4) is 0 Å². The van der Waals surface area contributed by atoms with E-state index in [0.717, 1.165) is 11.1 Å². The van der Waals surface area contributed by atoms with Crippen LogP contribution in [-0.4, -0.2) is 24.3 Å². The molecule has 0 saturated carbocycles. The number of nitrogens with one attached hydrogen (secondary N) is 1. The number of esters is 1. The van der Waals surface area contributed by atoms with Gasteiger partial charge in [0.2, 0.25) is 0 Å². The average Bonchev–Trinajstić information content (AvgIpc) is 2.61. The monoisotopic (exact) mass is 373 g/mol. The van der Waals surface area contributed by atoms with Crippen LogP contribution in [0.15, 0.2) is 42.5 Å². The third-order valence-electron chi connectivity index (χ3n) is 3.88. The van der Waals surface area contributed by atoms with Gasteiger partial charge in [-0.05, 0) is 61.4 Å². The van der Waals surface area contributed by atoms with Crippen LogP contribution in [0, 0.1) is 13.8 Å². The molecule has 0 spiro atoms. The van der Waals surface area contributed by atoms with Gasteiger partial charge in [-0.3, -0.25) is 14.4 Å². The zero-order valence-electron chi connectivity index (χ0n) is 14.7. The van der Waals surface area contributed by atoms with Crippen LogP contribution in [0.3, 0.4) is 0 Å². The van der Waals surface area contributed by atoms with Gasteiger partial charge in [-0.15, -0.1) is 0 Å². The van der Waals surface area contributed by atoms with Crippen molar-refractivity contribution in [1.82, 2.24) is 0 Å². The minimum atomic E-state index is -0.595. The number of Topliss-reactive ketones (excluding diaryl/α,β-unsaturated/α-hetero) is 1. The molecule has 26 heavy (non-hydrogen) atoms. The number of ether oxygens (including phenoxy) is 1. The lowest BCUT2D eigenvalue weighted by molar-refractivity contribution is -0.147. The highest BCUT2D eigenvalue weighted by Gasteiger charge is 2.12. The number of hydrogen-bond acceptors (Lipinski definition) is 4. The second-order valence-electron chi connectivity index (χ2n) is 5.94. The van der Waals surface area contributed by atoms with E-state index in [-0.39, 0.29) is 25.2 Å². The van der Waals surface area contributed by atoms with E-state index in [1.807, 2.05) is 26.0 Å². The Bertz CT molecular complexity index is 815. The average molecular weight is 374 g/mol. The lowest BCUT2D eigenvalue weighted by atomic mass is 10.1. The topological polar surface area (TPSA) is 72.5 Å². The smallest absolute Gasteiger partial charge is 0.306 e. The van der Waals surface area contributed by atoms with Gasteiger partial charge < -0.3 is 10.1 Å². The van der Waals surface area contributed by atoms with Crippen molar-refractivity contribution in [3.63, 3.8) is 0 Å². The van der Waals surface area contributed by atoms with Crippen LogP contribution in [0.4, 0.5) is 5.69 Å². The molecule has 6 heteroatoms. The molecule has 2 aromatic carbocycles. The Balaban J connectivity index is 1.73. The fourth-order valence-electron chi connectivity index (χ4n) is 2.23. The molecule has 0 aromatic heterocycles. The van der Waals surface area contributed by atoms with Gasteiger partial charge in [-0.1, -0.05) is 17.7 Å². The molecule has 0 fully saturated rings. The van der Waals surface area contributed by atoms with Crippen LogP contribution in [0.2, 0.25) is 5.02 Å². The number of halogens is 1. The molecular weight excluding hydrogens is 354 g/mol. The van der Waals surface area contributed by atoms with Crippen LogP contribution in [0.5, 0.6) is 0 Å². The molecule has 0 atom stereocenters. The zero-order chi connectivity index (χ0) is 19.1. The second-order valence-corrected chi connectivity index (χ2v) is 6.37. The van der Waals surface area contributed by atoms with Crippen LogP contribution in [-0.2, 0) is 14.3 Å². The van der Waals surface area contributed by atoms with Gasteiger partial charge in [0.05, 0.1) is 6.42 Å². The fraction of sp³-hybridized carbons (Fsp3) is 0.250.